The molecule has 134 valence electrons. The lowest BCUT2D eigenvalue weighted by molar-refractivity contribution is 0.622. The van der Waals surface area contributed by atoms with Crippen LogP contribution >= 0.6 is 23.8 Å². The molecule has 0 radical (unpaired) electrons. The number of hydrogen-bond acceptors (Lipinski definition) is 2. The van der Waals surface area contributed by atoms with E-state index in [4.69, 9.17) is 23.8 Å². The van der Waals surface area contributed by atoms with Crippen LogP contribution in [0.3, 0.4) is 0 Å². The highest BCUT2D eigenvalue weighted by Gasteiger charge is 2.13. The van der Waals surface area contributed by atoms with Crippen LogP contribution in [-0.2, 0) is 6.54 Å². The molecular formula is C19H18ClFN4S. The largest absolute Gasteiger partial charge is 0.331 e. The fourth-order valence-corrected chi connectivity index (χ4v) is 3.02. The molecule has 1 aromatic heterocycles. The predicted molar refractivity (Wildman–Crippen MR) is 108 cm³/mol. The van der Waals surface area contributed by atoms with Gasteiger partial charge in [-0.1, -0.05) is 35.9 Å². The summed E-state index contributed by atoms with van der Waals surface area (Å²) in [6, 6.07) is 13.8. The number of para-hydroxylation sites is 1. The third-order valence-electron chi connectivity index (χ3n) is 3.99. The van der Waals surface area contributed by atoms with Crippen LogP contribution in [0, 0.1) is 19.7 Å². The van der Waals surface area contributed by atoms with Gasteiger partial charge in [0.15, 0.2) is 5.11 Å². The lowest BCUT2D eigenvalue weighted by Gasteiger charge is -2.12. The molecule has 0 unspecified atom stereocenters. The number of hydrogen-bond donors (Lipinski definition) is 2. The first-order valence-electron chi connectivity index (χ1n) is 8.05. The van der Waals surface area contributed by atoms with Crippen molar-refractivity contribution in [3.8, 4) is 0 Å². The zero-order valence-corrected chi connectivity index (χ0v) is 16.0. The number of thiocarbonyl (C=S) groups is 1. The van der Waals surface area contributed by atoms with Crippen LogP contribution in [0.4, 0.5) is 15.8 Å². The van der Waals surface area contributed by atoms with Crippen molar-refractivity contribution in [1.29, 1.82) is 0 Å². The minimum Gasteiger partial charge on any atom is -0.331 e. The van der Waals surface area contributed by atoms with E-state index in [1.807, 2.05) is 36.7 Å². The molecule has 7 heteroatoms. The first kappa shape index (κ1) is 18.4. The molecule has 0 spiro atoms. The van der Waals surface area contributed by atoms with Crippen LogP contribution in [0.15, 0.2) is 48.5 Å². The Morgan fingerprint density at radius 1 is 1.12 bits per heavy atom. The number of aromatic nitrogens is 2. The van der Waals surface area contributed by atoms with Gasteiger partial charge in [-0.25, -0.2) is 4.39 Å². The number of anilines is 2. The summed E-state index contributed by atoms with van der Waals surface area (Å²) in [5.74, 6) is -0.250. The van der Waals surface area contributed by atoms with Crippen LogP contribution < -0.4 is 10.6 Å². The minimum atomic E-state index is -0.250. The van der Waals surface area contributed by atoms with Gasteiger partial charge in [0.1, 0.15) is 5.82 Å². The smallest absolute Gasteiger partial charge is 0.175 e. The molecule has 26 heavy (non-hydrogen) atoms. The first-order valence-corrected chi connectivity index (χ1v) is 8.83. The number of nitrogens with one attached hydrogen (secondary N) is 2. The Kier molecular flexibility index (Phi) is 5.54. The summed E-state index contributed by atoms with van der Waals surface area (Å²) in [6.07, 6.45) is 0. The summed E-state index contributed by atoms with van der Waals surface area (Å²) in [6.45, 7) is 4.43. The Morgan fingerprint density at radius 2 is 1.81 bits per heavy atom. The molecule has 2 N–H and O–H groups in total. The summed E-state index contributed by atoms with van der Waals surface area (Å²) in [7, 11) is 0. The average molecular weight is 389 g/mol. The van der Waals surface area contributed by atoms with Crippen molar-refractivity contribution in [2.75, 3.05) is 10.6 Å². The second kappa shape index (κ2) is 7.85. The highest BCUT2D eigenvalue weighted by atomic mass is 35.5. The zero-order chi connectivity index (χ0) is 18.7. The second-order valence-electron chi connectivity index (χ2n) is 5.89. The molecule has 2 aromatic carbocycles. The Hall–Kier alpha value is -2.44. The zero-order valence-electron chi connectivity index (χ0n) is 14.4. The lowest BCUT2D eigenvalue weighted by atomic mass is 10.2. The number of benzene rings is 2. The van der Waals surface area contributed by atoms with Crippen LogP contribution in [0.25, 0.3) is 0 Å². The quantitative estimate of drug-likeness (QED) is 0.606. The maximum absolute atomic E-state index is 13.1. The van der Waals surface area contributed by atoms with E-state index in [0.717, 1.165) is 28.3 Å². The first-order chi connectivity index (χ1) is 12.4. The van der Waals surface area contributed by atoms with Crippen LogP contribution in [0.5, 0.6) is 0 Å². The van der Waals surface area contributed by atoms with E-state index < -0.39 is 0 Å². The third kappa shape index (κ3) is 4.20. The standard InChI is InChI=1S/C19H18ClFN4S/c1-12-18(23-19(26)22-17-6-4-3-5-16(17)20)13(2)25(24-12)11-14-7-9-15(21)10-8-14/h3-10H,11H2,1-2H3,(H2,22,23,26). The Balaban J connectivity index is 1.74. The van der Waals surface area contributed by atoms with Gasteiger partial charge in [0.05, 0.1) is 34.3 Å². The highest BCUT2D eigenvalue weighted by molar-refractivity contribution is 7.80. The summed E-state index contributed by atoms with van der Waals surface area (Å²) >= 11 is 11.5. The minimum absolute atomic E-state index is 0.250. The fraction of sp³-hybridized carbons (Fsp3) is 0.158. The Labute approximate surface area is 162 Å². The van der Waals surface area contributed by atoms with Crippen LogP contribution in [-0.4, -0.2) is 14.9 Å². The molecule has 0 amide bonds. The SMILES string of the molecule is Cc1nn(Cc2ccc(F)cc2)c(C)c1NC(=S)Nc1ccccc1Cl. The van der Waals surface area contributed by atoms with Gasteiger partial charge in [-0.05, 0) is 55.9 Å². The molecule has 0 aliphatic heterocycles. The molecule has 0 aliphatic rings. The number of nitrogens with zero attached hydrogens (tertiary/aromatic N) is 2. The molecule has 3 aromatic rings. The summed E-state index contributed by atoms with van der Waals surface area (Å²) < 4.78 is 14.9. The van der Waals surface area contributed by atoms with E-state index >= 15 is 0 Å². The molecule has 0 fully saturated rings. The van der Waals surface area contributed by atoms with Crippen molar-refractivity contribution in [2.24, 2.45) is 0 Å². The molecule has 3 rings (SSSR count). The predicted octanol–water partition coefficient (Wildman–Crippen LogP) is 5.15. The van der Waals surface area contributed by atoms with Gasteiger partial charge in [0.2, 0.25) is 0 Å². The van der Waals surface area contributed by atoms with E-state index in [1.54, 1.807) is 18.2 Å². The summed E-state index contributed by atoms with van der Waals surface area (Å²) in [5.41, 5.74) is 4.32. The van der Waals surface area contributed by atoms with Gasteiger partial charge in [0, 0.05) is 0 Å². The van der Waals surface area contributed by atoms with Crippen molar-refractivity contribution >= 4 is 40.3 Å². The van der Waals surface area contributed by atoms with Crippen LogP contribution in [0.1, 0.15) is 17.0 Å². The van der Waals surface area contributed by atoms with Crippen molar-refractivity contribution in [3.05, 3.63) is 76.3 Å². The van der Waals surface area contributed by atoms with Crippen molar-refractivity contribution in [2.45, 2.75) is 20.4 Å². The van der Waals surface area contributed by atoms with Gasteiger partial charge in [-0.15, -0.1) is 0 Å². The molecule has 0 saturated heterocycles. The molecule has 4 nitrogen and oxygen atoms in total. The number of rotatable bonds is 4. The van der Waals surface area contributed by atoms with E-state index in [2.05, 4.69) is 15.7 Å². The number of halogens is 2. The maximum atomic E-state index is 13.1. The van der Waals surface area contributed by atoms with Gasteiger partial charge >= 0.3 is 0 Å². The van der Waals surface area contributed by atoms with Gasteiger partial charge in [-0.2, -0.15) is 5.10 Å². The second-order valence-corrected chi connectivity index (χ2v) is 6.70. The Morgan fingerprint density at radius 3 is 2.50 bits per heavy atom. The summed E-state index contributed by atoms with van der Waals surface area (Å²) in [4.78, 5) is 0. The molecular weight excluding hydrogens is 371 g/mol. The van der Waals surface area contributed by atoms with Gasteiger partial charge < -0.3 is 10.6 Å². The normalized spacial score (nSPS) is 10.6. The van der Waals surface area contributed by atoms with E-state index in [1.165, 1.54) is 12.1 Å². The molecule has 0 bridgehead atoms. The summed E-state index contributed by atoms with van der Waals surface area (Å²) in [5, 5.41) is 11.9. The topological polar surface area (TPSA) is 41.9 Å². The van der Waals surface area contributed by atoms with E-state index in [0.29, 0.717) is 16.7 Å². The third-order valence-corrected chi connectivity index (χ3v) is 4.52. The van der Waals surface area contributed by atoms with Crippen molar-refractivity contribution in [1.82, 2.24) is 9.78 Å². The Bertz CT molecular complexity index is 937. The van der Waals surface area contributed by atoms with Crippen molar-refractivity contribution < 1.29 is 4.39 Å². The van der Waals surface area contributed by atoms with Crippen LogP contribution in [0.2, 0.25) is 5.02 Å². The molecule has 0 atom stereocenters. The molecule has 0 saturated carbocycles. The molecule has 0 aliphatic carbocycles. The maximum Gasteiger partial charge on any atom is 0.175 e. The number of aryl methyl sites for hydroxylation is 1. The lowest BCUT2D eigenvalue weighted by Crippen LogP contribution is -2.20. The molecule has 1 heterocycles. The fourth-order valence-electron chi connectivity index (χ4n) is 2.62. The van der Waals surface area contributed by atoms with E-state index in [9.17, 15) is 4.39 Å². The van der Waals surface area contributed by atoms with Gasteiger partial charge in [0.25, 0.3) is 0 Å². The van der Waals surface area contributed by atoms with Crippen molar-refractivity contribution in [3.63, 3.8) is 0 Å². The highest BCUT2D eigenvalue weighted by Crippen LogP contribution is 2.23. The van der Waals surface area contributed by atoms with E-state index in [-0.39, 0.29) is 5.82 Å². The van der Waals surface area contributed by atoms with Gasteiger partial charge in [-0.3, -0.25) is 4.68 Å². The monoisotopic (exact) mass is 388 g/mol. The average Bonchev–Trinajstić information content (AvgIpc) is 2.86.